The van der Waals surface area contributed by atoms with Gasteiger partial charge in [-0.25, -0.2) is 0 Å². The quantitative estimate of drug-likeness (QED) is 0.592. The first-order valence-electron chi connectivity index (χ1n) is 7.39. The van der Waals surface area contributed by atoms with Crippen LogP contribution >= 0.6 is 0 Å². The van der Waals surface area contributed by atoms with Gasteiger partial charge in [-0.1, -0.05) is 12.1 Å². The van der Waals surface area contributed by atoms with E-state index in [4.69, 9.17) is 9.47 Å². The third kappa shape index (κ3) is 7.47. The van der Waals surface area contributed by atoms with Crippen LogP contribution in [0, 0.1) is 0 Å². The molecule has 1 aromatic rings. The van der Waals surface area contributed by atoms with Gasteiger partial charge >= 0.3 is 5.97 Å². The van der Waals surface area contributed by atoms with Crippen molar-refractivity contribution in [1.82, 2.24) is 5.32 Å². The summed E-state index contributed by atoms with van der Waals surface area (Å²) in [5.41, 5.74) is 0.901. The van der Waals surface area contributed by atoms with Crippen LogP contribution in [0.15, 0.2) is 30.3 Å². The first kappa shape index (κ1) is 17.8. The maximum atomic E-state index is 11.6. The van der Waals surface area contributed by atoms with Gasteiger partial charge in [-0.3, -0.25) is 9.59 Å². The van der Waals surface area contributed by atoms with Gasteiger partial charge in [0.2, 0.25) is 5.91 Å². The smallest absolute Gasteiger partial charge is 0.307 e. The summed E-state index contributed by atoms with van der Waals surface area (Å²) in [4.78, 5) is 22.9. The van der Waals surface area contributed by atoms with E-state index in [0.29, 0.717) is 6.61 Å². The predicted octanol–water partition coefficient (Wildman–Crippen LogP) is 2.56. The molecule has 22 heavy (non-hydrogen) atoms. The van der Waals surface area contributed by atoms with Crippen molar-refractivity contribution >= 4 is 18.0 Å². The van der Waals surface area contributed by atoms with Crippen molar-refractivity contribution in [3.8, 4) is 5.75 Å². The molecule has 0 heterocycles. The minimum Gasteiger partial charge on any atom is -0.494 e. The molecule has 0 aliphatic carbocycles. The van der Waals surface area contributed by atoms with Gasteiger partial charge in [0.15, 0.2) is 0 Å². The molecule has 5 heteroatoms. The lowest BCUT2D eigenvalue weighted by Crippen LogP contribution is -2.25. The molecular weight excluding hydrogens is 282 g/mol. The number of nitrogens with one attached hydrogen (secondary N) is 1. The molecule has 0 aromatic heterocycles. The van der Waals surface area contributed by atoms with Gasteiger partial charge in [-0.2, -0.15) is 0 Å². The molecule has 0 atom stereocenters. The number of ether oxygens (including phenoxy) is 2. The summed E-state index contributed by atoms with van der Waals surface area (Å²) >= 11 is 0. The Labute approximate surface area is 131 Å². The van der Waals surface area contributed by atoms with Crippen LogP contribution < -0.4 is 10.1 Å². The number of benzene rings is 1. The van der Waals surface area contributed by atoms with Gasteiger partial charge in [0.1, 0.15) is 5.75 Å². The lowest BCUT2D eigenvalue weighted by Gasteiger charge is -2.07. The molecule has 1 N–H and O–H groups in total. The zero-order chi connectivity index (χ0) is 16.4. The first-order chi connectivity index (χ1) is 10.5. The van der Waals surface area contributed by atoms with Crippen molar-refractivity contribution in [3.05, 3.63) is 35.9 Å². The Hall–Kier alpha value is -2.30. The van der Waals surface area contributed by atoms with Crippen molar-refractivity contribution in [2.75, 3.05) is 13.2 Å². The van der Waals surface area contributed by atoms with Crippen LogP contribution in [0.3, 0.4) is 0 Å². The maximum Gasteiger partial charge on any atom is 0.307 e. The van der Waals surface area contributed by atoms with Gasteiger partial charge < -0.3 is 14.8 Å². The Morgan fingerprint density at radius 1 is 1.23 bits per heavy atom. The summed E-state index contributed by atoms with van der Waals surface area (Å²) in [6.07, 6.45) is 3.17. The van der Waals surface area contributed by atoms with Crippen LogP contribution in [0.4, 0.5) is 0 Å². The zero-order valence-electron chi connectivity index (χ0n) is 13.3. The Morgan fingerprint density at radius 3 is 2.50 bits per heavy atom. The Kier molecular flexibility index (Phi) is 7.75. The highest BCUT2D eigenvalue weighted by molar-refractivity contribution is 5.91. The fourth-order valence-electron chi connectivity index (χ4n) is 1.68. The number of hydrogen-bond acceptors (Lipinski definition) is 4. The fourth-order valence-corrected chi connectivity index (χ4v) is 1.68. The van der Waals surface area contributed by atoms with E-state index in [1.54, 1.807) is 19.9 Å². The molecule has 120 valence electrons. The van der Waals surface area contributed by atoms with E-state index in [2.05, 4.69) is 5.32 Å². The number of esters is 1. The number of rotatable bonds is 8. The monoisotopic (exact) mass is 305 g/mol. The summed E-state index contributed by atoms with van der Waals surface area (Å²) in [5.74, 6) is 0.241. The molecule has 0 aliphatic rings. The summed E-state index contributed by atoms with van der Waals surface area (Å²) in [7, 11) is 0. The normalized spacial score (nSPS) is 10.7. The summed E-state index contributed by atoms with van der Waals surface area (Å²) in [6, 6.07) is 7.44. The van der Waals surface area contributed by atoms with Crippen LogP contribution in [-0.2, 0) is 14.3 Å². The van der Waals surface area contributed by atoms with Gasteiger partial charge in [0.05, 0.1) is 19.1 Å². The SMILES string of the molecule is CCOc1ccc(/C=C/C(=O)NCCC(=O)OC(C)C)cc1. The van der Waals surface area contributed by atoms with Gasteiger partial charge in [-0.15, -0.1) is 0 Å². The molecule has 0 spiro atoms. The molecule has 0 fully saturated rings. The van der Waals surface area contributed by atoms with Crippen LogP contribution in [0.5, 0.6) is 5.75 Å². The van der Waals surface area contributed by atoms with Crippen LogP contribution in [0.2, 0.25) is 0 Å². The van der Waals surface area contributed by atoms with Gasteiger partial charge in [0.25, 0.3) is 0 Å². The van der Waals surface area contributed by atoms with E-state index >= 15 is 0 Å². The van der Waals surface area contributed by atoms with Crippen molar-refractivity contribution in [2.45, 2.75) is 33.3 Å². The molecule has 0 saturated carbocycles. The topological polar surface area (TPSA) is 64.6 Å². The van der Waals surface area contributed by atoms with Crippen molar-refractivity contribution < 1.29 is 19.1 Å². The largest absolute Gasteiger partial charge is 0.494 e. The minimum atomic E-state index is -0.314. The first-order valence-corrected chi connectivity index (χ1v) is 7.39. The van der Waals surface area contributed by atoms with E-state index in [1.807, 2.05) is 31.2 Å². The molecule has 0 aliphatic heterocycles. The molecule has 1 amide bonds. The van der Waals surface area contributed by atoms with Gasteiger partial charge in [0, 0.05) is 12.6 Å². The number of amides is 1. The molecule has 0 unspecified atom stereocenters. The van der Waals surface area contributed by atoms with Crippen LogP contribution in [0.25, 0.3) is 6.08 Å². The molecule has 1 aromatic carbocycles. The maximum absolute atomic E-state index is 11.6. The molecule has 0 saturated heterocycles. The number of carbonyl (C=O) groups is 2. The molecule has 5 nitrogen and oxygen atoms in total. The Bertz CT molecular complexity index is 506. The Morgan fingerprint density at radius 2 is 1.91 bits per heavy atom. The molecular formula is C17H23NO4. The number of carbonyl (C=O) groups excluding carboxylic acids is 2. The molecule has 0 bridgehead atoms. The lowest BCUT2D eigenvalue weighted by atomic mass is 10.2. The highest BCUT2D eigenvalue weighted by Crippen LogP contribution is 2.12. The number of hydrogen-bond donors (Lipinski definition) is 1. The van der Waals surface area contributed by atoms with E-state index in [9.17, 15) is 9.59 Å². The Balaban J connectivity index is 2.33. The highest BCUT2D eigenvalue weighted by Gasteiger charge is 2.05. The standard InChI is InChI=1S/C17H23NO4/c1-4-21-15-8-5-14(6-9-15)7-10-16(19)18-12-11-17(20)22-13(2)3/h5-10,13H,4,11-12H2,1-3H3,(H,18,19)/b10-7+. The van der Waals surface area contributed by atoms with Crippen LogP contribution in [-0.4, -0.2) is 31.1 Å². The van der Waals surface area contributed by atoms with E-state index < -0.39 is 0 Å². The third-order valence-electron chi connectivity index (χ3n) is 2.61. The summed E-state index contributed by atoms with van der Waals surface area (Å²) < 4.78 is 10.3. The second-order valence-corrected chi connectivity index (χ2v) is 4.92. The van der Waals surface area contributed by atoms with Crippen LogP contribution in [0.1, 0.15) is 32.8 Å². The van der Waals surface area contributed by atoms with Crippen molar-refractivity contribution in [1.29, 1.82) is 0 Å². The fraction of sp³-hybridized carbons (Fsp3) is 0.412. The summed E-state index contributed by atoms with van der Waals surface area (Å²) in [6.45, 7) is 6.38. The van der Waals surface area contributed by atoms with E-state index in [-0.39, 0.29) is 30.9 Å². The minimum absolute atomic E-state index is 0.136. The van der Waals surface area contributed by atoms with Gasteiger partial charge in [-0.05, 0) is 44.5 Å². The zero-order valence-corrected chi connectivity index (χ0v) is 13.3. The average molecular weight is 305 g/mol. The van der Waals surface area contributed by atoms with Crippen molar-refractivity contribution in [2.24, 2.45) is 0 Å². The average Bonchev–Trinajstić information content (AvgIpc) is 2.46. The third-order valence-corrected chi connectivity index (χ3v) is 2.61. The lowest BCUT2D eigenvalue weighted by molar-refractivity contribution is -0.147. The predicted molar refractivity (Wildman–Crippen MR) is 85.5 cm³/mol. The molecule has 1 rings (SSSR count). The van der Waals surface area contributed by atoms with E-state index in [0.717, 1.165) is 11.3 Å². The van der Waals surface area contributed by atoms with E-state index in [1.165, 1.54) is 6.08 Å². The highest BCUT2D eigenvalue weighted by atomic mass is 16.5. The second kappa shape index (κ2) is 9.60. The second-order valence-electron chi connectivity index (χ2n) is 4.92. The summed E-state index contributed by atoms with van der Waals surface area (Å²) in [5, 5.41) is 2.64. The van der Waals surface area contributed by atoms with Crippen molar-refractivity contribution in [3.63, 3.8) is 0 Å². The molecule has 0 radical (unpaired) electrons.